The van der Waals surface area contributed by atoms with Crippen LogP contribution in [0.5, 0.6) is 0 Å². The standard InChI is InChI=1S/C5H9N3OS/c1-10(2,9)8-5-3-6-7-4-5/h3-4H,1-2H3,(H,6,7). The van der Waals surface area contributed by atoms with Gasteiger partial charge in [-0.25, -0.2) is 4.21 Å². The van der Waals surface area contributed by atoms with Crippen molar-refractivity contribution in [3.63, 3.8) is 0 Å². The van der Waals surface area contributed by atoms with Gasteiger partial charge in [-0.15, -0.1) is 0 Å². The minimum absolute atomic E-state index is 0.634. The van der Waals surface area contributed by atoms with Gasteiger partial charge in [0.25, 0.3) is 0 Å². The van der Waals surface area contributed by atoms with Crippen molar-refractivity contribution in [3.05, 3.63) is 12.4 Å². The Kier molecular flexibility index (Phi) is 1.76. The molecule has 1 rings (SSSR count). The second-order valence-corrected chi connectivity index (χ2v) is 4.77. The molecule has 0 saturated carbocycles. The fourth-order valence-electron chi connectivity index (χ4n) is 0.548. The lowest BCUT2D eigenvalue weighted by molar-refractivity contribution is 0.684. The third kappa shape index (κ3) is 2.18. The Bertz CT molecular complexity index is 300. The number of H-pyrrole nitrogens is 1. The van der Waals surface area contributed by atoms with E-state index in [1.807, 2.05) is 0 Å². The first kappa shape index (κ1) is 7.27. The second kappa shape index (κ2) is 2.42. The lowest BCUT2D eigenvalue weighted by Gasteiger charge is -1.89. The molecule has 0 amide bonds. The highest BCUT2D eigenvalue weighted by molar-refractivity contribution is 7.92. The third-order valence-corrected chi connectivity index (χ3v) is 1.46. The number of hydrogen-bond acceptors (Lipinski definition) is 3. The molecule has 1 heterocycles. The summed E-state index contributed by atoms with van der Waals surface area (Å²) in [6.45, 7) is 0. The Morgan fingerprint density at radius 3 is 2.80 bits per heavy atom. The van der Waals surface area contributed by atoms with Crippen LogP contribution in [0.4, 0.5) is 5.69 Å². The van der Waals surface area contributed by atoms with E-state index >= 15 is 0 Å². The largest absolute Gasteiger partial charge is 0.283 e. The average Bonchev–Trinajstić information content (AvgIpc) is 2.12. The Labute approximate surface area is 59.8 Å². The molecule has 0 aliphatic heterocycles. The van der Waals surface area contributed by atoms with Gasteiger partial charge in [-0.2, -0.15) is 9.46 Å². The maximum atomic E-state index is 11.0. The van der Waals surface area contributed by atoms with Crippen LogP contribution in [0.2, 0.25) is 0 Å². The number of nitrogens with zero attached hydrogens (tertiary/aromatic N) is 2. The molecule has 1 aromatic heterocycles. The Balaban J connectivity index is 3.04. The van der Waals surface area contributed by atoms with Crippen LogP contribution < -0.4 is 0 Å². The van der Waals surface area contributed by atoms with Crippen LogP contribution in [-0.2, 0) is 9.73 Å². The number of aromatic amines is 1. The highest BCUT2D eigenvalue weighted by Crippen LogP contribution is 2.08. The van der Waals surface area contributed by atoms with E-state index in [1.165, 1.54) is 6.20 Å². The van der Waals surface area contributed by atoms with Crippen molar-refractivity contribution in [2.24, 2.45) is 4.36 Å². The average molecular weight is 159 g/mol. The summed E-state index contributed by atoms with van der Waals surface area (Å²) in [6, 6.07) is 0. The summed E-state index contributed by atoms with van der Waals surface area (Å²) < 4.78 is 14.9. The van der Waals surface area contributed by atoms with Crippen molar-refractivity contribution in [2.45, 2.75) is 0 Å². The summed E-state index contributed by atoms with van der Waals surface area (Å²) >= 11 is 0. The van der Waals surface area contributed by atoms with Gasteiger partial charge in [0, 0.05) is 28.4 Å². The second-order valence-electron chi connectivity index (χ2n) is 2.23. The van der Waals surface area contributed by atoms with Gasteiger partial charge in [0.2, 0.25) is 0 Å². The van der Waals surface area contributed by atoms with Crippen molar-refractivity contribution in [1.82, 2.24) is 10.2 Å². The molecule has 0 aliphatic rings. The number of aromatic nitrogens is 2. The van der Waals surface area contributed by atoms with E-state index in [9.17, 15) is 4.21 Å². The van der Waals surface area contributed by atoms with Gasteiger partial charge in [0.05, 0.1) is 6.20 Å². The minimum Gasteiger partial charge on any atom is -0.283 e. The predicted octanol–water partition coefficient (Wildman–Crippen LogP) is 0.769. The van der Waals surface area contributed by atoms with E-state index < -0.39 is 9.73 Å². The van der Waals surface area contributed by atoms with Gasteiger partial charge >= 0.3 is 0 Å². The normalized spacial score (nSPS) is 11.4. The zero-order valence-corrected chi connectivity index (χ0v) is 6.68. The molecular weight excluding hydrogens is 150 g/mol. The maximum Gasteiger partial charge on any atom is 0.111 e. The SMILES string of the molecule is CS(C)(=O)=Nc1cn[nH]c1. The molecule has 1 aromatic rings. The third-order valence-electron chi connectivity index (χ3n) is 0.809. The van der Waals surface area contributed by atoms with E-state index in [-0.39, 0.29) is 0 Å². The fraction of sp³-hybridized carbons (Fsp3) is 0.400. The summed E-state index contributed by atoms with van der Waals surface area (Å²) in [7, 11) is -2.03. The highest BCUT2D eigenvalue weighted by Gasteiger charge is 1.92. The minimum atomic E-state index is -2.03. The highest BCUT2D eigenvalue weighted by atomic mass is 32.2. The zero-order valence-electron chi connectivity index (χ0n) is 5.87. The lowest BCUT2D eigenvalue weighted by atomic mass is 10.6. The van der Waals surface area contributed by atoms with Gasteiger partial charge in [0.1, 0.15) is 5.69 Å². The first-order chi connectivity index (χ1) is 4.58. The molecule has 0 atom stereocenters. The van der Waals surface area contributed by atoms with Crippen molar-refractivity contribution >= 4 is 15.4 Å². The Morgan fingerprint density at radius 2 is 2.40 bits per heavy atom. The molecule has 1 N–H and O–H groups in total. The first-order valence-electron chi connectivity index (χ1n) is 2.74. The van der Waals surface area contributed by atoms with Crippen LogP contribution in [0, 0.1) is 0 Å². The summed E-state index contributed by atoms with van der Waals surface area (Å²) in [5, 5.41) is 6.25. The van der Waals surface area contributed by atoms with E-state index in [0.717, 1.165) is 0 Å². The molecule has 4 nitrogen and oxygen atoms in total. The monoisotopic (exact) mass is 159 g/mol. The molecule has 0 fully saturated rings. The van der Waals surface area contributed by atoms with Crippen LogP contribution in [0.15, 0.2) is 16.8 Å². The van der Waals surface area contributed by atoms with E-state index in [2.05, 4.69) is 14.6 Å². The molecule has 0 saturated heterocycles. The zero-order chi connectivity index (χ0) is 7.61. The topological polar surface area (TPSA) is 58.1 Å². The summed E-state index contributed by atoms with van der Waals surface area (Å²) in [6.07, 6.45) is 6.30. The van der Waals surface area contributed by atoms with Crippen LogP contribution >= 0.6 is 0 Å². The van der Waals surface area contributed by atoms with Crippen molar-refractivity contribution < 1.29 is 4.21 Å². The quantitative estimate of drug-likeness (QED) is 0.658. The molecule has 0 aliphatic carbocycles. The molecule has 56 valence electrons. The molecule has 0 bridgehead atoms. The van der Waals surface area contributed by atoms with Gasteiger partial charge < -0.3 is 0 Å². The fourth-order valence-corrected chi connectivity index (χ4v) is 1.16. The molecule has 10 heavy (non-hydrogen) atoms. The van der Waals surface area contributed by atoms with E-state index in [1.54, 1.807) is 18.7 Å². The molecule has 5 heteroatoms. The van der Waals surface area contributed by atoms with Crippen LogP contribution in [-0.4, -0.2) is 26.9 Å². The van der Waals surface area contributed by atoms with E-state index in [0.29, 0.717) is 5.69 Å². The van der Waals surface area contributed by atoms with Crippen molar-refractivity contribution in [3.8, 4) is 0 Å². The lowest BCUT2D eigenvalue weighted by Crippen LogP contribution is -1.87. The molecule has 0 radical (unpaired) electrons. The van der Waals surface area contributed by atoms with Crippen molar-refractivity contribution in [1.29, 1.82) is 0 Å². The summed E-state index contributed by atoms with van der Waals surface area (Å²) in [5.74, 6) is 0. The summed E-state index contributed by atoms with van der Waals surface area (Å²) in [4.78, 5) is 0. The Morgan fingerprint density at radius 1 is 1.70 bits per heavy atom. The van der Waals surface area contributed by atoms with Crippen LogP contribution in [0.3, 0.4) is 0 Å². The van der Waals surface area contributed by atoms with Crippen molar-refractivity contribution in [2.75, 3.05) is 12.5 Å². The number of rotatable bonds is 1. The number of nitrogens with one attached hydrogen (secondary N) is 1. The maximum absolute atomic E-state index is 11.0. The van der Waals surface area contributed by atoms with Crippen LogP contribution in [0.1, 0.15) is 0 Å². The van der Waals surface area contributed by atoms with Gasteiger partial charge in [0.15, 0.2) is 0 Å². The van der Waals surface area contributed by atoms with Gasteiger partial charge in [-0.1, -0.05) is 0 Å². The first-order valence-corrected chi connectivity index (χ1v) is 5.07. The van der Waals surface area contributed by atoms with Gasteiger partial charge in [-0.3, -0.25) is 5.10 Å². The molecule has 0 spiro atoms. The summed E-state index contributed by atoms with van der Waals surface area (Å²) in [5.41, 5.74) is 0.634. The molecular formula is C5H9N3OS. The molecule has 0 aromatic carbocycles. The predicted molar refractivity (Wildman–Crippen MR) is 40.7 cm³/mol. The van der Waals surface area contributed by atoms with E-state index in [4.69, 9.17) is 0 Å². The van der Waals surface area contributed by atoms with Gasteiger partial charge in [-0.05, 0) is 0 Å². The smallest absolute Gasteiger partial charge is 0.111 e. The van der Waals surface area contributed by atoms with Crippen LogP contribution in [0.25, 0.3) is 0 Å². The number of hydrogen-bond donors (Lipinski definition) is 1. The molecule has 0 unspecified atom stereocenters. The Hall–Kier alpha value is -0.840.